The maximum Gasteiger partial charge on any atom is 0.307 e. The normalized spacial score (nSPS) is 10.9. The van der Waals surface area contributed by atoms with Crippen LogP contribution in [-0.2, 0) is 29.5 Å². The molecule has 0 amide bonds. The number of nitrogens with zero attached hydrogens (tertiary/aromatic N) is 5. The van der Waals surface area contributed by atoms with Crippen LogP contribution in [0.4, 0.5) is 0 Å². The van der Waals surface area contributed by atoms with Gasteiger partial charge in [-0.1, -0.05) is 17.3 Å². The van der Waals surface area contributed by atoms with Gasteiger partial charge in [0.15, 0.2) is 0 Å². The van der Waals surface area contributed by atoms with Crippen LogP contribution in [0.25, 0.3) is 10.9 Å². The summed E-state index contributed by atoms with van der Waals surface area (Å²) in [6, 6.07) is 6.97. The molecule has 2 aromatic heterocycles. The zero-order chi connectivity index (χ0) is 16.9. The fourth-order valence-corrected chi connectivity index (χ4v) is 2.32. The van der Waals surface area contributed by atoms with Crippen molar-refractivity contribution in [1.29, 1.82) is 0 Å². The van der Waals surface area contributed by atoms with Crippen molar-refractivity contribution in [3.8, 4) is 0 Å². The van der Waals surface area contributed by atoms with E-state index in [0.717, 1.165) is 5.56 Å². The molecular weight excluding hydrogens is 310 g/mol. The summed E-state index contributed by atoms with van der Waals surface area (Å²) in [6.07, 6.45) is 4.28. The molecule has 0 unspecified atom stereocenters. The van der Waals surface area contributed by atoms with Crippen molar-refractivity contribution < 1.29 is 9.53 Å². The van der Waals surface area contributed by atoms with Gasteiger partial charge in [0.1, 0.15) is 5.52 Å². The Morgan fingerprint density at radius 1 is 1.29 bits per heavy atom. The second-order valence-corrected chi connectivity index (χ2v) is 5.38. The number of aryl methyl sites for hydroxylation is 2. The molecular formula is C16H17N5O3. The maximum atomic E-state index is 12.2. The molecule has 24 heavy (non-hydrogen) atoms. The second kappa shape index (κ2) is 7.03. The zero-order valence-corrected chi connectivity index (χ0v) is 13.3. The van der Waals surface area contributed by atoms with E-state index < -0.39 is 0 Å². The lowest BCUT2D eigenvalue weighted by Gasteiger charge is -2.05. The lowest BCUT2D eigenvalue weighted by Crippen LogP contribution is -2.25. The maximum absolute atomic E-state index is 12.2. The molecule has 0 fully saturated rings. The van der Waals surface area contributed by atoms with E-state index in [2.05, 4.69) is 15.4 Å². The van der Waals surface area contributed by atoms with E-state index in [-0.39, 0.29) is 31.1 Å². The number of ether oxygens (including phenoxy) is 1. The molecule has 0 saturated heterocycles. The van der Waals surface area contributed by atoms with Gasteiger partial charge in [0.05, 0.1) is 31.2 Å². The molecule has 0 radical (unpaired) electrons. The number of hydrogen-bond donors (Lipinski definition) is 0. The van der Waals surface area contributed by atoms with Crippen LogP contribution in [-0.4, -0.2) is 37.4 Å². The highest BCUT2D eigenvalue weighted by Gasteiger charge is 2.08. The molecule has 0 aliphatic rings. The minimum Gasteiger partial charge on any atom is -0.465 e. The Hall–Kier alpha value is -3.03. The van der Waals surface area contributed by atoms with Crippen LogP contribution >= 0.6 is 0 Å². The topological polar surface area (TPSA) is 91.9 Å². The molecule has 3 aromatic rings. The lowest BCUT2D eigenvalue weighted by atomic mass is 10.2. The van der Waals surface area contributed by atoms with Crippen LogP contribution in [0.1, 0.15) is 12.0 Å². The minimum atomic E-state index is -0.374. The van der Waals surface area contributed by atoms with E-state index >= 15 is 0 Å². The third-order valence-corrected chi connectivity index (χ3v) is 3.57. The molecule has 0 atom stereocenters. The first-order chi connectivity index (χ1) is 11.6. The Bertz CT molecular complexity index is 915. The number of rotatable bonds is 6. The third-order valence-electron chi connectivity index (χ3n) is 3.57. The SMILES string of the molecule is Cn1cc(CCOC(=O)CCn2nnc3ccccc3c2=O)cn1. The van der Waals surface area contributed by atoms with Gasteiger partial charge in [-0.2, -0.15) is 5.10 Å². The van der Waals surface area contributed by atoms with Crippen molar-refractivity contribution in [3.63, 3.8) is 0 Å². The van der Waals surface area contributed by atoms with Crippen molar-refractivity contribution in [1.82, 2.24) is 24.8 Å². The average Bonchev–Trinajstić information content (AvgIpc) is 3.00. The first kappa shape index (κ1) is 15.9. The van der Waals surface area contributed by atoms with E-state index in [1.807, 2.05) is 13.2 Å². The molecule has 3 rings (SSSR count). The Morgan fingerprint density at radius 3 is 2.92 bits per heavy atom. The van der Waals surface area contributed by atoms with Crippen molar-refractivity contribution in [2.75, 3.05) is 6.61 Å². The first-order valence-electron chi connectivity index (χ1n) is 7.59. The number of fused-ring (bicyclic) bond motifs is 1. The van der Waals surface area contributed by atoms with Crippen molar-refractivity contribution in [2.24, 2.45) is 7.05 Å². The molecule has 0 saturated carbocycles. The van der Waals surface area contributed by atoms with Crippen LogP contribution < -0.4 is 5.56 Å². The van der Waals surface area contributed by atoms with Crippen molar-refractivity contribution in [2.45, 2.75) is 19.4 Å². The van der Waals surface area contributed by atoms with Gasteiger partial charge >= 0.3 is 5.97 Å². The van der Waals surface area contributed by atoms with E-state index in [9.17, 15) is 9.59 Å². The van der Waals surface area contributed by atoms with E-state index in [4.69, 9.17) is 4.74 Å². The van der Waals surface area contributed by atoms with Crippen LogP contribution in [0.15, 0.2) is 41.5 Å². The molecule has 1 aromatic carbocycles. The Kier molecular flexibility index (Phi) is 4.64. The first-order valence-corrected chi connectivity index (χ1v) is 7.59. The molecule has 0 N–H and O–H groups in total. The minimum absolute atomic E-state index is 0.0694. The Morgan fingerprint density at radius 2 is 2.12 bits per heavy atom. The number of benzene rings is 1. The van der Waals surface area contributed by atoms with Gasteiger partial charge in [0.25, 0.3) is 5.56 Å². The summed E-state index contributed by atoms with van der Waals surface area (Å²) in [6.45, 7) is 0.422. The number of esters is 1. The van der Waals surface area contributed by atoms with Crippen LogP contribution in [0, 0.1) is 0 Å². The summed E-state index contributed by atoms with van der Waals surface area (Å²) < 4.78 is 8.05. The zero-order valence-electron chi connectivity index (χ0n) is 13.3. The summed E-state index contributed by atoms with van der Waals surface area (Å²) >= 11 is 0. The number of hydrogen-bond acceptors (Lipinski definition) is 6. The van der Waals surface area contributed by atoms with E-state index in [0.29, 0.717) is 17.3 Å². The summed E-state index contributed by atoms with van der Waals surface area (Å²) in [5.41, 5.74) is 1.28. The third kappa shape index (κ3) is 3.65. The van der Waals surface area contributed by atoms with Gasteiger partial charge in [0, 0.05) is 19.7 Å². The Labute approximate surface area is 137 Å². The van der Waals surface area contributed by atoms with E-state index in [1.165, 1.54) is 4.68 Å². The molecule has 2 heterocycles. The van der Waals surface area contributed by atoms with Gasteiger partial charge in [-0.3, -0.25) is 14.3 Å². The van der Waals surface area contributed by atoms with Gasteiger partial charge in [0.2, 0.25) is 0 Å². The molecule has 124 valence electrons. The molecule has 8 heteroatoms. The highest BCUT2D eigenvalue weighted by Crippen LogP contribution is 2.04. The molecule has 0 bridgehead atoms. The van der Waals surface area contributed by atoms with Crippen molar-refractivity contribution >= 4 is 16.9 Å². The molecule has 8 nitrogen and oxygen atoms in total. The van der Waals surface area contributed by atoms with Gasteiger partial charge < -0.3 is 4.74 Å². The average molecular weight is 327 g/mol. The lowest BCUT2D eigenvalue weighted by molar-refractivity contribution is -0.143. The second-order valence-electron chi connectivity index (χ2n) is 5.38. The van der Waals surface area contributed by atoms with Crippen LogP contribution in [0.2, 0.25) is 0 Å². The van der Waals surface area contributed by atoms with E-state index in [1.54, 1.807) is 35.1 Å². The predicted molar refractivity (Wildman–Crippen MR) is 86.3 cm³/mol. The van der Waals surface area contributed by atoms with Gasteiger partial charge in [-0.15, -0.1) is 5.10 Å². The summed E-state index contributed by atoms with van der Waals surface area (Å²) in [5, 5.41) is 12.4. The summed E-state index contributed by atoms with van der Waals surface area (Å²) in [7, 11) is 1.83. The summed E-state index contributed by atoms with van der Waals surface area (Å²) in [4.78, 5) is 24.0. The van der Waals surface area contributed by atoms with Crippen LogP contribution in [0.5, 0.6) is 0 Å². The fraction of sp³-hybridized carbons (Fsp3) is 0.312. The smallest absolute Gasteiger partial charge is 0.307 e. The molecule has 0 aliphatic heterocycles. The Balaban J connectivity index is 1.53. The van der Waals surface area contributed by atoms with Gasteiger partial charge in [-0.05, 0) is 17.7 Å². The van der Waals surface area contributed by atoms with Gasteiger partial charge in [-0.25, -0.2) is 4.68 Å². The summed E-state index contributed by atoms with van der Waals surface area (Å²) in [5.74, 6) is -0.374. The highest BCUT2D eigenvalue weighted by atomic mass is 16.5. The number of carbonyl (C=O) groups is 1. The monoisotopic (exact) mass is 327 g/mol. The fourth-order valence-electron chi connectivity index (χ4n) is 2.32. The number of carbonyl (C=O) groups excluding carboxylic acids is 1. The predicted octanol–water partition coefficient (Wildman–Crippen LogP) is 0.701. The molecule has 0 spiro atoms. The highest BCUT2D eigenvalue weighted by molar-refractivity contribution is 5.76. The largest absolute Gasteiger partial charge is 0.465 e. The quantitative estimate of drug-likeness (QED) is 0.619. The number of aromatic nitrogens is 5. The van der Waals surface area contributed by atoms with Crippen molar-refractivity contribution in [3.05, 3.63) is 52.6 Å². The molecule has 0 aliphatic carbocycles. The standard InChI is InChI=1S/C16H17N5O3/c1-20-11-12(10-17-20)7-9-24-15(22)6-8-21-16(23)13-4-2-3-5-14(13)18-19-21/h2-5,10-11H,6-9H2,1H3. The van der Waals surface area contributed by atoms with Crippen LogP contribution in [0.3, 0.4) is 0 Å².